The summed E-state index contributed by atoms with van der Waals surface area (Å²) in [4.78, 5) is 22.2. The van der Waals surface area contributed by atoms with Gasteiger partial charge in [-0.25, -0.2) is 27.9 Å². The molecule has 0 bridgehead atoms. The summed E-state index contributed by atoms with van der Waals surface area (Å²) in [6.45, 7) is 3.47. The molecule has 0 aromatic carbocycles. The van der Waals surface area contributed by atoms with Gasteiger partial charge in [-0.05, 0) is 30.7 Å². The SMILES string of the molecule is CC1CN(c2cc(CF)cc(-c3ccnc4c3C(C(F)F)OC(=O)N4)n2)CCN1. The zero-order valence-electron chi connectivity index (χ0n) is 15.7. The summed E-state index contributed by atoms with van der Waals surface area (Å²) in [6.07, 6.45) is -4.33. The molecule has 1 saturated heterocycles. The number of nitrogens with zero attached hydrogens (tertiary/aromatic N) is 3. The number of rotatable bonds is 4. The first-order valence-corrected chi connectivity index (χ1v) is 9.26. The van der Waals surface area contributed by atoms with Crippen molar-refractivity contribution >= 4 is 17.7 Å². The number of cyclic esters (lactones) is 1. The van der Waals surface area contributed by atoms with Gasteiger partial charge in [-0.1, -0.05) is 0 Å². The van der Waals surface area contributed by atoms with Crippen molar-refractivity contribution in [3.8, 4) is 11.3 Å². The monoisotopic (exact) mass is 407 g/mol. The first-order valence-electron chi connectivity index (χ1n) is 9.26. The van der Waals surface area contributed by atoms with E-state index < -0.39 is 25.3 Å². The fourth-order valence-corrected chi connectivity index (χ4v) is 3.65. The Morgan fingerprint density at radius 3 is 2.93 bits per heavy atom. The highest BCUT2D eigenvalue weighted by molar-refractivity contribution is 5.89. The molecule has 2 aliphatic heterocycles. The maximum absolute atomic E-state index is 13.6. The second kappa shape index (κ2) is 7.86. The molecule has 7 nitrogen and oxygen atoms in total. The zero-order valence-corrected chi connectivity index (χ0v) is 15.7. The molecule has 0 spiro atoms. The Bertz CT molecular complexity index is 927. The predicted molar refractivity (Wildman–Crippen MR) is 101 cm³/mol. The number of carbonyl (C=O) groups is 1. The van der Waals surface area contributed by atoms with E-state index in [4.69, 9.17) is 4.74 Å². The summed E-state index contributed by atoms with van der Waals surface area (Å²) in [5.74, 6) is 0.567. The van der Waals surface area contributed by atoms with E-state index >= 15 is 0 Å². The Kier molecular flexibility index (Phi) is 5.27. The average molecular weight is 407 g/mol. The quantitative estimate of drug-likeness (QED) is 0.810. The highest BCUT2D eigenvalue weighted by Crippen LogP contribution is 2.40. The van der Waals surface area contributed by atoms with E-state index in [-0.39, 0.29) is 17.4 Å². The van der Waals surface area contributed by atoms with E-state index in [1.165, 1.54) is 18.3 Å². The number of hydrogen-bond acceptors (Lipinski definition) is 6. The largest absolute Gasteiger partial charge is 0.435 e. The van der Waals surface area contributed by atoms with Crippen LogP contribution in [0.5, 0.6) is 0 Å². The molecule has 2 N–H and O–H groups in total. The van der Waals surface area contributed by atoms with Crippen LogP contribution in [-0.4, -0.2) is 48.2 Å². The molecule has 0 radical (unpaired) electrons. The number of carbonyl (C=O) groups excluding carboxylic acids is 1. The Morgan fingerprint density at radius 1 is 1.38 bits per heavy atom. The third kappa shape index (κ3) is 3.84. The van der Waals surface area contributed by atoms with Crippen molar-refractivity contribution in [1.29, 1.82) is 0 Å². The number of ether oxygens (including phenoxy) is 1. The van der Waals surface area contributed by atoms with Crippen molar-refractivity contribution in [2.24, 2.45) is 0 Å². The van der Waals surface area contributed by atoms with Crippen LogP contribution in [0.25, 0.3) is 11.3 Å². The molecular formula is C19H20F3N5O2. The molecule has 10 heteroatoms. The summed E-state index contributed by atoms with van der Waals surface area (Å²) < 4.78 is 45.6. The number of fused-ring (bicyclic) bond motifs is 1. The Labute approximate surface area is 165 Å². The highest BCUT2D eigenvalue weighted by Gasteiger charge is 2.37. The van der Waals surface area contributed by atoms with E-state index in [1.807, 2.05) is 11.8 Å². The van der Waals surface area contributed by atoms with Crippen LogP contribution in [0, 0.1) is 0 Å². The normalized spacial score (nSPS) is 21.6. The standard InChI is InChI=1S/C19H20F3N5O2/c1-10-9-27(5-4-23-10)14-7-11(8-20)6-13(25-14)12-2-3-24-18-15(12)16(17(21)22)29-19(28)26-18/h2-3,6-7,10,16-17,23H,4-5,8-9H2,1H3,(H,24,26,28). The summed E-state index contributed by atoms with van der Waals surface area (Å²) in [7, 11) is 0. The van der Waals surface area contributed by atoms with Crippen LogP contribution in [0.15, 0.2) is 24.4 Å². The zero-order chi connectivity index (χ0) is 20.5. The molecule has 29 heavy (non-hydrogen) atoms. The van der Waals surface area contributed by atoms with Gasteiger partial charge in [0, 0.05) is 37.4 Å². The maximum Gasteiger partial charge on any atom is 0.413 e. The molecule has 1 amide bonds. The predicted octanol–water partition coefficient (Wildman–Crippen LogP) is 3.28. The van der Waals surface area contributed by atoms with E-state index in [0.29, 0.717) is 35.7 Å². The Hall–Kier alpha value is -2.88. The summed E-state index contributed by atoms with van der Waals surface area (Å²) in [5.41, 5.74) is 1.06. The minimum Gasteiger partial charge on any atom is -0.435 e. The minimum atomic E-state index is -2.94. The number of pyridine rings is 2. The molecule has 2 aromatic rings. The first-order chi connectivity index (χ1) is 14.0. The molecule has 4 rings (SSSR count). The number of halogens is 3. The second-order valence-corrected chi connectivity index (χ2v) is 7.06. The maximum atomic E-state index is 13.6. The summed E-state index contributed by atoms with van der Waals surface area (Å²) >= 11 is 0. The van der Waals surface area contributed by atoms with E-state index in [2.05, 4.69) is 20.6 Å². The molecule has 154 valence electrons. The molecule has 2 atom stereocenters. The number of alkyl halides is 3. The molecule has 2 unspecified atom stereocenters. The van der Waals surface area contributed by atoms with Gasteiger partial charge in [0.05, 0.1) is 11.3 Å². The lowest BCUT2D eigenvalue weighted by Gasteiger charge is -2.33. The van der Waals surface area contributed by atoms with Gasteiger partial charge in [-0.3, -0.25) is 5.32 Å². The minimum absolute atomic E-state index is 0.00570. The van der Waals surface area contributed by atoms with Crippen LogP contribution < -0.4 is 15.5 Å². The van der Waals surface area contributed by atoms with Gasteiger partial charge in [-0.15, -0.1) is 0 Å². The lowest BCUT2D eigenvalue weighted by molar-refractivity contribution is -0.0168. The lowest BCUT2D eigenvalue weighted by Crippen LogP contribution is -2.49. The van der Waals surface area contributed by atoms with Crippen molar-refractivity contribution in [2.75, 3.05) is 29.9 Å². The highest BCUT2D eigenvalue weighted by atomic mass is 19.3. The number of piperazine rings is 1. The smallest absolute Gasteiger partial charge is 0.413 e. The van der Waals surface area contributed by atoms with E-state index in [0.717, 1.165) is 6.54 Å². The number of aromatic nitrogens is 2. The van der Waals surface area contributed by atoms with Crippen molar-refractivity contribution in [3.63, 3.8) is 0 Å². The van der Waals surface area contributed by atoms with Gasteiger partial charge in [0.2, 0.25) is 0 Å². The Morgan fingerprint density at radius 2 is 2.21 bits per heavy atom. The van der Waals surface area contributed by atoms with Gasteiger partial charge in [0.25, 0.3) is 6.43 Å². The average Bonchev–Trinajstić information content (AvgIpc) is 2.72. The van der Waals surface area contributed by atoms with Crippen LogP contribution in [-0.2, 0) is 11.4 Å². The molecular weight excluding hydrogens is 387 g/mol. The molecule has 0 saturated carbocycles. The van der Waals surface area contributed by atoms with Crippen LogP contribution in [0.4, 0.5) is 29.6 Å². The van der Waals surface area contributed by atoms with Crippen LogP contribution >= 0.6 is 0 Å². The molecule has 4 heterocycles. The van der Waals surface area contributed by atoms with Gasteiger partial charge < -0.3 is 15.0 Å². The number of nitrogens with one attached hydrogen (secondary N) is 2. The fraction of sp³-hybridized carbons (Fsp3) is 0.421. The number of amides is 1. The lowest BCUT2D eigenvalue weighted by atomic mass is 9.98. The van der Waals surface area contributed by atoms with Crippen molar-refractivity contribution in [3.05, 3.63) is 35.5 Å². The van der Waals surface area contributed by atoms with Gasteiger partial charge in [0.1, 0.15) is 18.3 Å². The van der Waals surface area contributed by atoms with Crippen molar-refractivity contribution < 1.29 is 22.7 Å². The molecule has 1 fully saturated rings. The Balaban J connectivity index is 1.82. The van der Waals surface area contributed by atoms with Crippen molar-refractivity contribution in [2.45, 2.75) is 32.2 Å². The van der Waals surface area contributed by atoms with Crippen LogP contribution in [0.1, 0.15) is 24.2 Å². The van der Waals surface area contributed by atoms with E-state index in [9.17, 15) is 18.0 Å². The fourth-order valence-electron chi connectivity index (χ4n) is 3.65. The van der Waals surface area contributed by atoms with Gasteiger partial charge in [-0.2, -0.15) is 0 Å². The molecule has 2 aliphatic rings. The van der Waals surface area contributed by atoms with Crippen molar-refractivity contribution in [1.82, 2.24) is 15.3 Å². The van der Waals surface area contributed by atoms with Gasteiger partial charge in [0.15, 0.2) is 6.10 Å². The molecule has 2 aromatic heterocycles. The van der Waals surface area contributed by atoms with Crippen LogP contribution in [0.3, 0.4) is 0 Å². The third-order valence-electron chi connectivity index (χ3n) is 4.95. The topological polar surface area (TPSA) is 79.4 Å². The van der Waals surface area contributed by atoms with Gasteiger partial charge >= 0.3 is 6.09 Å². The molecule has 0 aliphatic carbocycles. The number of hydrogen-bond donors (Lipinski definition) is 2. The first kappa shape index (κ1) is 19.4. The van der Waals surface area contributed by atoms with Crippen LogP contribution in [0.2, 0.25) is 0 Å². The third-order valence-corrected chi connectivity index (χ3v) is 4.95. The summed E-state index contributed by atoms with van der Waals surface area (Å²) in [5, 5.41) is 5.67. The summed E-state index contributed by atoms with van der Waals surface area (Å²) in [6, 6.07) is 4.94. The number of anilines is 2. The second-order valence-electron chi connectivity index (χ2n) is 7.06. The van der Waals surface area contributed by atoms with E-state index in [1.54, 1.807) is 6.07 Å².